The molecule has 2 amide bonds. The summed E-state index contributed by atoms with van der Waals surface area (Å²) in [6.45, 7) is 4.74. The van der Waals surface area contributed by atoms with Crippen LogP contribution in [0.15, 0.2) is 30.3 Å². The number of carboxylic acid groups (broad SMARTS) is 1. The van der Waals surface area contributed by atoms with Gasteiger partial charge in [0.1, 0.15) is 0 Å². The normalized spacial score (nSPS) is 20.4. The number of nitrogens with one attached hydrogen (secondary N) is 1. The Bertz CT molecular complexity index is 682. The van der Waals surface area contributed by atoms with Gasteiger partial charge in [-0.05, 0) is 44.3 Å². The number of hydrogen-bond acceptors (Lipinski definition) is 4. The maximum atomic E-state index is 12.5. The number of hydrogen-bond donors (Lipinski definition) is 3. The van der Waals surface area contributed by atoms with Crippen LogP contribution in [0.4, 0.5) is 18.0 Å². The summed E-state index contributed by atoms with van der Waals surface area (Å²) in [6, 6.07) is 10.2. The molecule has 2 heterocycles. The number of aliphatic carboxylic acids is 1. The van der Waals surface area contributed by atoms with Gasteiger partial charge in [0.15, 0.2) is 0 Å². The van der Waals surface area contributed by atoms with Crippen molar-refractivity contribution in [1.82, 2.24) is 15.1 Å². The molecule has 1 aromatic carbocycles. The molecule has 7 nitrogen and oxygen atoms in total. The van der Waals surface area contributed by atoms with Crippen molar-refractivity contribution in [3.05, 3.63) is 35.9 Å². The number of carboxylic acids is 1. The first-order valence-electron chi connectivity index (χ1n) is 10.1. The summed E-state index contributed by atoms with van der Waals surface area (Å²) in [5.41, 5.74) is 7.23. The fraction of sp³-hybridized carbons (Fsp3) is 0.600. The summed E-state index contributed by atoms with van der Waals surface area (Å²) in [5, 5.41) is 10.1. The Morgan fingerprint density at radius 2 is 1.73 bits per heavy atom. The van der Waals surface area contributed by atoms with E-state index in [1.165, 1.54) is 25.9 Å². The van der Waals surface area contributed by atoms with Crippen molar-refractivity contribution in [3.63, 3.8) is 0 Å². The zero-order valence-electron chi connectivity index (χ0n) is 16.8. The standard InChI is InChI=1S/C18H28N4O.C2HF3O2/c19-17(15-7-2-1-3-8-15)13-20-18(23)22-12-6-9-16(22)14-21-10-4-5-11-21;3-2(4,5)1(6)7/h1-3,7-8,16-17H,4-6,9-14,19H2,(H,20,23);(H,6,7). The number of alkyl halides is 3. The summed E-state index contributed by atoms with van der Waals surface area (Å²) in [5.74, 6) is -2.76. The van der Waals surface area contributed by atoms with E-state index in [0.717, 1.165) is 31.5 Å². The molecular weight excluding hydrogens is 401 g/mol. The van der Waals surface area contributed by atoms with E-state index in [1.807, 2.05) is 35.2 Å². The van der Waals surface area contributed by atoms with E-state index in [-0.39, 0.29) is 12.1 Å². The molecule has 2 saturated heterocycles. The second-order valence-electron chi connectivity index (χ2n) is 7.50. The van der Waals surface area contributed by atoms with Gasteiger partial charge in [-0.1, -0.05) is 30.3 Å². The van der Waals surface area contributed by atoms with Gasteiger partial charge >= 0.3 is 18.2 Å². The summed E-state index contributed by atoms with van der Waals surface area (Å²) < 4.78 is 31.7. The van der Waals surface area contributed by atoms with Crippen molar-refractivity contribution in [3.8, 4) is 0 Å². The van der Waals surface area contributed by atoms with E-state index in [4.69, 9.17) is 15.6 Å². The van der Waals surface area contributed by atoms with Gasteiger partial charge in [-0.25, -0.2) is 9.59 Å². The fourth-order valence-electron chi connectivity index (χ4n) is 3.67. The number of nitrogens with two attached hydrogens (primary N) is 1. The van der Waals surface area contributed by atoms with Crippen LogP contribution < -0.4 is 11.1 Å². The monoisotopic (exact) mass is 430 g/mol. The molecule has 0 bridgehead atoms. The number of nitrogens with zero attached hydrogens (tertiary/aromatic N) is 2. The molecular formula is C20H29F3N4O3. The van der Waals surface area contributed by atoms with E-state index < -0.39 is 12.1 Å². The Kier molecular flexibility index (Phi) is 8.91. The SMILES string of the molecule is NC(CNC(=O)N1CCCC1CN1CCCC1)c1ccccc1.O=C(O)C(F)(F)F. The van der Waals surface area contributed by atoms with E-state index in [0.29, 0.717) is 12.6 Å². The van der Waals surface area contributed by atoms with Gasteiger partial charge in [0, 0.05) is 31.7 Å². The molecule has 0 radical (unpaired) electrons. The summed E-state index contributed by atoms with van der Waals surface area (Å²) in [4.78, 5) is 25.9. The third-order valence-corrected chi connectivity index (χ3v) is 5.25. The topological polar surface area (TPSA) is 98.9 Å². The molecule has 1 aromatic rings. The van der Waals surface area contributed by atoms with Crippen molar-refractivity contribution in [2.24, 2.45) is 5.73 Å². The second-order valence-corrected chi connectivity index (χ2v) is 7.50. The highest BCUT2D eigenvalue weighted by Crippen LogP contribution is 2.20. The molecule has 2 fully saturated rings. The van der Waals surface area contributed by atoms with Crippen LogP contribution in [0.3, 0.4) is 0 Å². The van der Waals surface area contributed by atoms with Crippen LogP contribution in [-0.4, -0.2) is 71.8 Å². The first kappa shape index (κ1) is 23.9. The van der Waals surface area contributed by atoms with E-state index in [2.05, 4.69) is 10.2 Å². The minimum absolute atomic E-state index is 0.0399. The molecule has 168 valence electrons. The number of halogens is 3. The minimum atomic E-state index is -5.08. The lowest BCUT2D eigenvalue weighted by Gasteiger charge is -2.29. The molecule has 0 spiro atoms. The molecule has 2 aliphatic heterocycles. The van der Waals surface area contributed by atoms with Gasteiger partial charge in [0.2, 0.25) is 0 Å². The number of carbonyl (C=O) groups excluding carboxylic acids is 1. The van der Waals surface area contributed by atoms with Crippen LogP contribution >= 0.6 is 0 Å². The molecule has 0 aliphatic carbocycles. The lowest BCUT2D eigenvalue weighted by Crippen LogP contribution is -2.48. The summed E-state index contributed by atoms with van der Waals surface area (Å²) in [7, 11) is 0. The van der Waals surface area contributed by atoms with Gasteiger partial charge in [-0.3, -0.25) is 0 Å². The van der Waals surface area contributed by atoms with Gasteiger partial charge in [-0.2, -0.15) is 13.2 Å². The Morgan fingerprint density at radius 1 is 1.13 bits per heavy atom. The average molecular weight is 430 g/mol. The van der Waals surface area contributed by atoms with Gasteiger partial charge in [0.05, 0.1) is 0 Å². The molecule has 2 aliphatic rings. The highest BCUT2D eigenvalue weighted by molar-refractivity contribution is 5.75. The number of carbonyl (C=O) groups is 2. The van der Waals surface area contributed by atoms with Crippen LogP contribution in [0.5, 0.6) is 0 Å². The largest absolute Gasteiger partial charge is 0.490 e. The quantitative estimate of drug-likeness (QED) is 0.667. The highest BCUT2D eigenvalue weighted by Gasteiger charge is 2.38. The molecule has 10 heteroatoms. The predicted molar refractivity (Wildman–Crippen MR) is 106 cm³/mol. The first-order chi connectivity index (χ1) is 14.2. The predicted octanol–water partition coefficient (Wildman–Crippen LogP) is 2.59. The number of amides is 2. The fourth-order valence-corrected chi connectivity index (χ4v) is 3.67. The average Bonchev–Trinajstić information content (AvgIpc) is 3.39. The van der Waals surface area contributed by atoms with E-state index >= 15 is 0 Å². The summed E-state index contributed by atoms with van der Waals surface area (Å²) in [6.07, 6.45) is -0.263. The van der Waals surface area contributed by atoms with Crippen molar-refractivity contribution in [2.75, 3.05) is 32.7 Å². The Labute approximate surface area is 174 Å². The Hall–Kier alpha value is -2.33. The maximum Gasteiger partial charge on any atom is 0.490 e. The molecule has 2 unspecified atom stereocenters. The second kappa shape index (κ2) is 11.2. The number of urea groups is 1. The Morgan fingerprint density at radius 3 is 2.30 bits per heavy atom. The van der Waals surface area contributed by atoms with Gasteiger partial charge in [0.25, 0.3) is 0 Å². The van der Waals surface area contributed by atoms with Crippen molar-refractivity contribution < 1.29 is 27.9 Å². The molecule has 3 rings (SSSR count). The van der Waals surface area contributed by atoms with E-state index in [1.54, 1.807) is 0 Å². The van der Waals surface area contributed by atoms with Crippen molar-refractivity contribution >= 4 is 12.0 Å². The summed E-state index contributed by atoms with van der Waals surface area (Å²) >= 11 is 0. The zero-order chi connectivity index (χ0) is 22.1. The highest BCUT2D eigenvalue weighted by atomic mass is 19.4. The maximum absolute atomic E-state index is 12.5. The first-order valence-corrected chi connectivity index (χ1v) is 10.1. The smallest absolute Gasteiger partial charge is 0.475 e. The van der Waals surface area contributed by atoms with Crippen LogP contribution in [0, 0.1) is 0 Å². The van der Waals surface area contributed by atoms with Crippen molar-refractivity contribution in [2.45, 2.75) is 43.9 Å². The van der Waals surface area contributed by atoms with Crippen molar-refractivity contribution in [1.29, 1.82) is 0 Å². The lowest BCUT2D eigenvalue weighted by molar-refractivity contribution is -0.192. The number of likely N-dealkylation sites (tertiary alicyclic amines) is 2. The van der Waals surface area contributed by atoms with Gasteiger partial charge < -0.3 is 26.0 Å². The van der Waals surface area contributed by atoms with E-state index in [9.17, 15) is 18.0 Å². The third-order valence-electron chi connectivity index (χ3n) is 5.25. The molecule has 0 aromatic heterocycles. The molecule has 0 saturated carbocycles. The number of rotatable bonds is 5. The van der Waals surface area contributed by atoms with Crippen LogP contribution in [0.2, 0.25) is 0 Å². The lowest BCUT2D eigenvalue weighted by atomic mass is 10.1. The van der Waals surface area contributed by atoms with Crippen LogP contribution in [-0.2, 0) is 4.79 Å². The number of benzene rings is 1. The minimum Gasteiger partial charge on any atom is -0.475 e. The Balaban J connectivity index is 0.000000396. The molecule has 4 N–H and O–H groups in total. The molecule has 30 heavy (non-hydrogen) atoms. The zero-order valence-corrected chi connectivity index (χ0v) is 16.8. The third kappa shape index (κ3) is 7.49. The molecule has 2 atom stereocenters. The van der Waals surface area contributed by atoms with Crippen LogP contribution in [0.1, 0.15) is 37.3 Å². The van der Waals surface area contributed by atoms with Gasteiger partial charge in [-0.15, -0.1) is 0 Å². The van der Waals surface area contributed by atoms with Crippen LogP contribution in [0.25, 0.3) is 0 Å².